The average molecular weight is 334 g/mol. The lowest BCUT2D eigenvalue weighted by molar-refractivity contribution is -0.123. The summed E-state index contributed by atoms with van der Waals surface area (Å²) in [6, 6.07) is 7.25. The van der Waals surface area contributed by atoms with Crippen LogP contribution in [0.5, 0.6) is 5.75 Å². The van der Waals surface area contributed by atoms with Crippen LogP contribution in [0, 0.1) is 0 Å². The maximum Gasteiger partial charge on any atom is 0.240 e. The topological polar surface area (TPSA) is 67.9 Å². The molecule has 1 aromatic carbocycles. The third-order valence-corrected chi connectivity index (χ3v) is 3.75. The molecule has 1 fully saturated rings. The molecular weight excluding hydrogens is 308 g/mol. The predicted octanol–water partition coefficient (Wildman–Crippen LogP) is 2.12. The van der Waals surface area contributed by atoms with Gasteiger partial charge in [-0.1, -0.05) is 12.1 Å². The van der Waals surface area contributed by atoms with Gasteiger partial charge >= 0.3 is 0 Å². The standard InChI is InChI=1S/C18H26N2O4/c1-13(2)24-17-9-5-4-8-16(17)20(14(3)21)12-18(22)19-11-15-7-6-10-23-15/h4-5,8-9,13,15H,6-7,10-12H2,1-3H3,(H,19,22). The third-order valence-electron chi connectivity index (χ3n) is 3.75. The summed E-state index contributed by atoms with van der Waals surface area (Å²) in [6.07, 6.45) is 2.05. The summed E-state index contributed by atoms with van der Waals surface area (Å²) in [7, 11) is 0. The van der Waals surface area contributed by atoms with E-state index in [2.05, 4.69) is 5.32 Å². The van der Waals surface area contributed by atoms with Crippen LogP contribution in [0.15, 0.2) is 24.3 Å². The van der Waals surface area contributed by atoms with E-state index in [0.717, 1.165) is 19.4 Å². The van der Waals surface area contributed by atoms with E-state index in [-0.39, 0.29) is 30.6 Å². The van der Waals surface area contributed by atoms with Crippen LogP contribution in [-0.2, 0) is 14.3 Å². The van der Waals surface area contributed by atoms with Gasteiger partial charge in [-0.15, -0.1) is 0 Å². The van der Waals surface area contributed by atoms with E-state index in [1.165, 1.54) is 11.8 Å². The Bertz CT molecular complexity index is 568. The van der Waals surface area contributed by atoms with Gasteiger partial charge in [0.25, 0.3) is 0 Å². The molecule has 24 heavy (non-hydrogen) atoms. The predicted molar refractivity (Wildman–Crippen MR) is 92.2 cm³/mol. The number of hydrogen-bond donors (Lipinski definition) is 1. The zero-order valence-electron chi connectivity index (χ0n) is 14.6. The van der Waals surface area contributed by atoms with E-state index in [1.807, 2.05) is 26.0 Å². The Hall–Kier alpha value is -2.08. The highest BCUT2D eigenvalue weighted by Crippen LogP contribution is 2.29. The third kappa shape index (κ3) is 5.23. The Labute approximate surface area is 143 Å². The minimum atomic E-state index is -0.208. The Morgan fingerprint density at radius 2 is 2.12 bits per heavy atom. The minimum Gasteiger partial charge on any atom is -0.489 e. The summed E-state index contributed by atoms with van der Waals surface area (Å²) < 4.78 is 11.2. The smallest absolute Gasteiger partial charge is 0.240 e. The van der Waals surface area contributed by atoms with Crippen molar-refractivity contribution in [1.29, 1.82) is 0 Å². The molecule has 0 bridgehead atoms. The van der Waals surface area contributed by atoms with Gasteiger partial charge < -0.3 is 14.8 Å². The monoisotopic (exact) mass is 334 g/mol. The summed E-state index contributed by atoms with van der Waals surface area (Å²) in [5, 5.41) is 2.84. The first-order chi connectivity index (χ1) is 11.5. The van der Waals surface area contributed by atoms with E-state index in [4.69, 9.17) is 9.47 Å². The fourth-order valence-corrected chi connectivity index (χ4v) is 2.63. The van der Waals surface area contributed by atoms with Crippen molar-refractivity contribution in [1.82, 2.24) is 5.32 Å². The second-order valence-electron chi connectivity index (χ2n) is 6.18. The number of hydrogen-bond acceptors (Lipinski definition) is 4. The second-order valence-corrected chi connectivity index (χ2v) is 6.18. The van der Waals surface area contributed by atoms with Gasteiger partial charge in [-0.2, -0.15) is 0 Å². The maximum absolute atomic E-state index is 12.2. The largest absolute Gasteiger partial charge is 0.489 e. The summed E-state index contributed by atoms with van der Waals surface area (Å²) in [6.45, 7) is 6.47. The Kier molecular flexibility index (Phi) is 6.61. The van der Waals surface area contributed by atoms with Crippen molar-refractivity contribution in [2.45, 2.75) is 45.8 Å². The van der Waals surface area contributed by atoms with Gasteiger partial charge in [-0.3, -0.25) is 14.5 Å². The first-order valence-corrected chi connectivity index (χ1v) is 8.39. The lowest BCUT2D eigenvalue weighted by atomic mass is 10.2. The quantitative estimate of drug-likeness (QED) is 0.829. The SMILES string of the molecule is CC(=O)N(CC(=O)NCC1CCCO1)c1ccccc1OC(C)C. The lowest BCUT2D eigenvalue weighted by Crippen LogP contribution is -2.42. The molecule has 1 aliphatic heterocycles. The summed E-state index contributed by atoms with van der Waals surface area (Å²) in [5.74, 6) is 0.178. The molecule has 0 spiro atoms. The van der Waals surface area contributed by atoms with Crippen LogP contribution < -0.4 is 15.0 Å². The van der Waals surface area contributed by atoms with Crippen LogP contribution in [0.25, 0.3) is 0 Å². The first kappa shape index (κ1) is 18.3. The van der Waals surface area contributed by atoms with E-state index in [1.54, 1.807) is 12.1 Å². The number of carbonyl (C=O) groups is 2. The molecule has 0 aromatic heterocycles. The molecule has 2 rings (SSSR count). The van der Waals surface area contributed by atoms with Gasteiger partial charge in [0.05, 0.1) is 17.9 Å². The number of para-hydroxylation sites is 2. The molecule has 132 valence electrons. The van der Waals surface area contributed by atoms with Crippen LogP contribution >= 0.6 is 0 Å². The van der Waals surface area contributed by atoms with Crippen molar-refractivity contribution in [2.75, 3.05) is 24.6 Å². The van der Waals surface area contributed by atoms with Crippen molar-refractivity contribution in [3.05, 3.63) is 24.3 Å². The number of anilines is 1. The van der Waals surface area contributed by atoms with E-state index < -0.39 is 0 Å². The summed E-state index contributed by atoms with van der Waals surface area (Å²) in [4.78, 5) is 25.7. The fourth-order valence-electron chi connectivity index (χ4n) is 2.63. The molecule has 6 nitrogen and oxygen atoms in total. The molecule has 0 aliphatic carbocycles. The zero-order chi connectivity index (χ0) is 17.5. The Balaban J connectivity index is 2.03. The van der Waals surface area contributed by atoms with Gasteiger partial charge in [0.2, 0.25) is 11.8 Å². The van der Waals surface area contributed by atoms with Crippen LogP contribution in [-0.4, -0.2) is 43.7 Å². The summed E-state index contributed by atoms with van der Waals surface area (Å²) in [5.41, 5.74) is 0.603. The van der Waals surface area contributed by atoms with E-state index in [9.17, 15) is 9.59 Å². The molecule has 1 aromatic rings. The van der Waals surface area contributed by atoms with Crippen LogP contribution in [0.4, 0.5) is 5.69 Å². The highest BCUT2D eigenvalue weighted by atomic mass is 16.5. The van der Waals surface area contributed by atoms with Gasteiger partial charge in [-0.25, -0.2) is 0 Å². The first-order valence-electron chi connectivity index (χ1n) is 8.39. The van der Waals surface area contributed by atoms with Gasteiger partial charge in [0, 0.05) is 20.1 Å². The van der Waals surface area contributed by atoms with Crippen molar-refractivity contribution in [3.8, 4) is 5.75 Å². The highest BCUT2D eigenvalue weighted by molar-refractivity contribution is 5.98. The number of nitrogens with one attached hydrogen (secondary N) is 1. The van der Waals surface area contributed by atoms with Crippen LogP contribution in [0.2, 0.25) is 0 Å². The molecular formula is C18H26N2O4. The van der Waals surface area contributed by atoms with Gasteiger partial charge in [-0.05, 0) is 38.8 Å². The van der Waals surface area contributed by atoms with Crippen molar-refractivity contribution in [3.63, 3.8) is 0 Å². The fraction of sp³-hybridized carbons (Fsp3) is 0.556. The number of rotatable bonds is 7. The molecule has 1 heterocycles. The van der Waals surface area contributed by atoms with Crippen molar-refractivity contribution >= 4 is 17.5 Å². The number of ether oxygens (including phenoxy) is 2. The molecule has 1 aliphatic rings. The Morgan fingerprint density at radius 1 is 1.38 bits per heavy atom. The van der Waals surface area contributed by atoms with Crippen LogP contribution in [0.1, 0.15) is 33.6 Å². The van der Waals surface area contributed by atoms with E-state index in [0.29, 0.717) is 18.0 Å². The minimum absolute atomic E-state index is 0.0201. The summed E-state index contributed by atoms with van der Waals surface area (Å²) >= 11 is 0. The maximum atomic E-state index is 12.2. The second kappa shape index (κ2) is 8.68. The number of amides is 2. The molecule has 1 saturated heterocycles. The molecule has 1 unspecified atom stereocenters. The molecule has 0 saturated carbocycles. The highest BCUT2D eigenvalue weighted by Gasteiger charge is 2.21. The number of carbonyl (C=O) groups excluding carboxylic acids is 2. The molecule has 1 atom stereocenters. The number of nitrogens with zero attached hydrogens (tertiary/aromatic N) is 1. The van der Waals surface area contributed by atoms with Gasteiger partial charge in [0.15, 0.2) is 0 Å². The normalized spacial score (nSPS) is 16.9. The molecule has 1 N–H and O–H groups in total. The lowest BCUT2D eigenvalue weighted by Gasteiger charge is -2.24. The molecule has 0 radical (unpaired) electrons. The van der Waals surface area contributed by atoms with Gasteiger partial charge in [0.1, 0.15) is 12.3 Å². The van der Waals surface area contributed by atoms with Crippen molar-refractivity contribution < 1.29 is 19.1 Å². The van der Waals surface area contributed by atoms with Crippen molar-refractivity contribution in [2.24, 2.45) is 0 Å². The average Bonchev–Trinajstić information content (AvgIpc) is 3.04. The Morgan fingerprint density at radius 3 is 2.75 bits per heavy atom. The molecule has 6 heteroatoms. The van der Waals surface area contributed by atoms with Crippen LogP contribution in [0.3, 0.4) is 0 Å². The zero-order valence-corrected chi connectivity index (χ0v) is 14.6. The molecule has 2 amide bonds. The number of benzene rings is 1. The van der Waals surface area contributed by atoms with E-state index >= 15 is 0 Å².